The molecule has 6 heteroatoms. The van der Waals surface area contributed by atoms with Crippen LogP contribution >= 0.6 is 11.6 Å². The number of rotatable bonds is 6. The van der Waals surface area contributed by atoms with E-state index in [0.717, 1.165) is 29.6 Å². The van der Waals surface area contributed by atoms with Gasteiger partial charge in [0.1, 0.15) is 6.07 Å². The molecule has 2 heterocycles. The molecular weight excluding hydrogens is 382 g/mol. The van der Waals surface area contributed by atoms with Crippen molar-refractivity contribution in [2.45, 2.75) is 25.4 Å². The second-order valence-electron chi connectivity index (χ2n) is 7.02. The minimum atomic E-state index is -0.0146. The summed E-state index contributed by atoms with van der Waals surface area (Å²) in [4.78, 5) is 4.41. The largest absolute Gasteiger partial charge is 0.326 e. The summed E-state index contributed by atoms with van der Waals surface area (Å²) in [5, 5.41) is 15.2. The van der Waals surface area contributed by atoms with Gasteiger partial charge in [0.25, 0.3) is 0 Å². The number of nitrogens with two attached hydrogens (primary N) is 1. The van der Waals surface area contributed by atoms with Crippen LogP contribution in [0.4, 0.5) is 0 Å². The number of nitriles is 1. The Hall–Kier alpha value is -3.20. The summed E-state index contributed by atoms with van der Waals surface area (Å²) in [5.41, 5.74) is 10.8. The Morgan fingerprint density at radius 2 is 2.03 bits per heavy atom. The van der Waals surface area contributed by atoms with Crippen molar-refractivity contribution in [1.29, 1.82) is 5.26 Å². The molecule has 144 valence electrons. The van der Waals surface area contributed by atoms with E-state index >= 15 is 0 Å². The van der Waals surface area contributed by atoms with Crippen LogP contribution in [0.5, 0.6) is 0 Å². The lowest BCUT2D eigenvalue weighted by atomic mass is 10.0. The van der Waals surface area contributed by atoms with Gasteiger partial charge in [-0.05, 0) is 48.7 Å². The van der Waals surface area contributed by atoms with Crippen molar-refractivity contribution in [2.75, 3.05) is 0 Å². The molecule has 29 heavy (non-hydrogen) atoms. The highest BCUT2D eigenvalue weighted by atomic mass is 35.5. The molecule has 0 saturated carbocycles. The zero-order chi connectivity index (χ0) is 20.2. The summed E-state index contributed by atoms with van der Waals surface area (Å²) in [6.07, 6.45) is 5.48. The van der Waals surface area contributed by atoms with Crippen LogP contribution in [0.2, 0.25) is 5.02 Å². The van der Waals surface area contributed by atoms with Gasteiger partial charge in [0.15, 0.2) is 0 Å². The van der Waals surface area contributed by atoms with Crippen molar-refractivity contribution in [3.63, 3.8) is 0 Å². The number of hydrogen-bond acceptors (Lipinski definition) is 4. The first-order valence-corrected chi connectivity index (χ1v) is 9.83. The first-order chi connectivity index (χ1) is 14.1. The third-order valence-corrected chi connectivity index (χ3v) is 5.28. The summed E-state index contributed by atoms with van der Waals surface area (Å²) in [6, 6.07) is 19.6. The molecule has 0 aliphatic heterocycles. The minimum Gasteiger partial charge on any atom is -0.326 e. The molecule has 1 atom stereocenters. The molecule has 5 nitrogen and oxygen atoms in total. The Balaban J connectivity index is 1.41. The highest BCUT2D eigenvalue weighted by molar-refractivity contribution is 6.32. The van der Waals surface area contributed by atoms with Crippen molar-refractivity contribution < 1.29 is 0 Å². The summed E-state index contributed by atoms with van der Waals surface area (Å²) >= 11 is 6.13. The van der Waals surface area contributed by atoms with E-state index in [-0.39, 0.29) is 6.04 Å². The van der Waals surface area contributed by atoms with Crippen LogP contribution in [0, 0.1) is 11.3 Å². The molecule has 2 aromatic heterocycles. The number of nitrogens with zero attached hydrogens (tertiary/aromatic N) is 4. The smallest absolute Gasteiger partial charge is 0.101 e. The van der Waals surface area contributed by atoms with Gasteiger partial charge < -0.3 is 5.73 Å². The molecular formula is C23H20ClN5. The van der Waals surface area contributed by atoms with Crippen LogP contribution in [0.3, 0.4) is 0 Å². The van der Waals surface area contributed by atoms with E-state index in [9.17, 15) is 0 Å². The van der Waals surface area contributed by atoms with E-state index in [4.69, 9.17) is 22.6 Å². The summed E-state index contributed by atoms with van der Waals surface area (Å²) in [7, 11) is 0. The molecule has 0 aliphatic rings. The number of aryl methyl sites for hydroxylation is 1. The first-order valence-electron chi connectivity index (χ1n) is 9.46. The Morgan fingerprint density at radius 1 is 1.14 bits per heavy atom. The fraction of sp³-hybridized carbons (Fsp3) is 0.174. The topological polar surface area (TPSA) is 80.5 Å². The predicted molar refractivity (Wildman–Crippen MR) is 115 cm³/mol. The molecule has 0 radical (unpaired) electrons. The molecule has 0 amide bonds. The van der Waals surface area contributed by atoms with Gasteiger partial charge in [0, 0.05) is 29.4 Å². The van der Waals surface area contributed by atoms with Crippen molar-refractivity contribution in [3.05, 3.63) is 83.1 Å². The lowest BCUT2D eigenvalue weighted by Gasteiger charge is -2.13. The molecule has 4 rings (SSSR count). The fourth-order valence-corrected chi connectivity index (χ4v) is 3.66. The lowest BCUT2D eigenvalue weighted by Crippen LogP contribution is -2.27. The normalized spacial score (nSPS) is 12.0. The summed E-state index contributed by atoms with van der Waals surface area (Å²) < 4.78 is 1.86. The van der Waals surface area contributed by atoms with E-state index in [1.165, 1.54) is 10.9 Å². The van der Waals surface area contributed by atoms with Gasteiger partial charge in [-0.2, -0.15) is 10.4 Å². The molecule has 0 fully saturated rings. The van der Waals surface area contributed by atoms with Crippen LogP contribution < -0.4 is 5.73 Å². The molecule has 0 unspecified atom stereocenters. The van der Waals surface area contributed by atoms with Crippen LogP contribution in [0.25, 0.3) is 22.2 Å². The molecule has 0 saturated heterocycles. The molecule has 4 aromatic rings. The fourth-order valence-electron chi connectivity index (χ4n) is 3.44. The number of halogens is 1. The number of aromatic nitrogens is 3. The van der Waals surface area contributed by atoms with Gasteiger partial charge >= 0.3 is 0 Å². The van der Waals surface area contributed by atoms with Crippen LogP contribution in [-0.2, 0) is 13.0 Å². The highest BCUT2D eigenvalue weighted by Gasteiger charge is 2.10. The number of pyridine rings is 1. The lowest BCUT2D eigenvalue weighted by molar-refractivity contribution is 0.487. The Bertz CT molecular complexity index is 1190. The molecule has 0 bridgehead atoms. The first kappa shape index (κ1) is 19.1. The summed E-state index contributed by atoms with van der Waals surface area (Å²) in [5.74, 6) is 0. The van der Waals surface area contributed by atoms with Gasteiger partial charge in [0.05, 0.1) is 28.3 Å². The maximum Gasteiger partial charge on any atom is 0.101 e. The van der Waals surface area contributed by atoms with E-state index in [1.54, 1.807) is 12.1 Å². The molecule has 2 aromatic carbocycles. The number of hydrogen-bond donors (Lipinski definition) is 1. The monoisotopic (exact) mass is 401 g/mol. The average Bonchev–Trinajstić information content (AvgIpc) is 3.20. The van der Waals surface area contributed by atoms with Gasteiger partial charge in [-0.1, -0.05) is 35.9 Å². The van der Waals surface area contributed by atoms with Crippen molar-refractivity contribution in [3.8, 4) is 17.3 Å². The zero-order valence-electron chi connectivity index (χ0n) is 15.8. The van der Waals surface area contributed by atoms with Gasteiger partial charge in [0.2, 0.25) is 0 Å². The van der Waals surface area contributed by atoms with Crippen molar-refractivity contribution in [1.82, 2.24) is 14.8 Å². The number of benzene rings is 2. The zero-order valence-corrected chi connectivity index (χ0v) is 16.5. The maximum absolute atomic E-state index is 9.00. The van der Waals surface area contributed by atoms with Crippen molar-refractivity contribution in [2.24, 2.45) is 5.73 Å². The third-order valence-electron chi connectivity index (χ3n) is 4.97. The third kappa shape index (κ3) is 4.29. The van der Waals surface area contributed by atoms with E-state index < -0.39 is 0 Å². The Kier molecular flexibility index (Phi) is 5.57. The Labute approximate surface area is 174 Å². The quantitative estimate of drug-likeness (QED) is 0.512. The van der Waals surface area contributed by atoms with E-state index in [1.807, 2.05) is 47.4 Å². The van der Waals surface area contributed by atoms with Crippen LogP contribution in [0.15, 0.2) is 67.0 Å². The van der Waals surface area contributed by atoms with Gasteiger partial charge in [-0.15, -0.1) is 0 Å². The maximum atomic E-state index is 9.00. The standard InChI is InChI=1S/C23H20ClN5/c24-21-13-17(6-7-18(21)14-25)22-10-12-29(28-22)15-19(26)9-8-16-3-1-5-23-20(16)4-2-11-27-23/h1-7,10-13,19H,8-9,15,26H2/t19-/m1/s1. The molecule has 2 N–H and O–H groups in total. The molecule has 0 spiro atoms. The second-order valence-corrected chi connectivity index (χ2v) is 7.42. The summed E-state index contributed by atoms with van der Waals surface area (Å²) in [6.45, 7) is 0.632. The van der Waals surface area contributed by atoms with Gasteiger partial charge in [-0.3, -0.25) is 9.67 Å². The van der Waals surface area contributed by atoms with E-state index in [2.05, 4.69) is 28.3 Å². The van der Waals surface area contributed by atoms with Gasteiger partial charge in [-0.25, -0.2) is 0 Å². The minimum absolute atomic E-state index is 0.0146. The van der Waals surface area contributed by atoms with Crippen LogP contribution in [-0.4, -0.2) is 20.8 Å². The SMILES string of the molecule is N#Cc1ccc(-c2ccn(C[C@H](N)CCc3cccc4ncccc34)n2)cc1Cl. The van der Waals surface area contributed by atoms with Crippen molar-refractivity contribution >= 4 is 22.5 Å². The predicted octanol–water partition coefficient (Wildman–Crippen LogP) is 4.58. The van der Waals surface area contributed by atoms with E-state index in [0.29, 0.717) is 17.1 Å². The van der Waals surface area contributed by atoms with Crippen LogP contribution in [0.1, 0.15) is 17.5 Å². The highest BCUT2D eigenvalue weighted by Crippen LogP contribution is 2.24. The molecule has 0 aliphatic carbocycles. The number of fused-ring (bicyclic) bond motifs is 1. The Morgan fingerprint density at radius 3 is 2.86 bits per heavy atom. The average molecular weight is 402 g/mol. The second kappa shape index (κ2) is 8.44.